The van der Waals surface area contributed by atoms with Gasteiger partial charge < -0.3 is 15.5 Å². The van der Waals surface area contributed by atoms with Gasteiger partial charge in [0.05, 0.1) is 12.2 Å². The third-order valence-electron chi connectivity index (χ3n) is 3.79. The lowest BCUT2D eigenvalue weighted by molar-refractivity contribution is 0.615. The Bertz CT molecular complexity index is 506. The standard InChI is InChI=1S/C16H29N5S2.HI/c1-5-17-15(19-12-7-8-14(9-12)22-6-2)18-10-13-11-23-16(20-13)21(3)4;/h11-12,14H,5-10H2,1-4H3,(H2,17,18,19);1H. The van der Waals surface area contributed by atoms with E-state index >= 15 is 0 Å². The molecule has 2 rings (SSSR count). The van der Waals surface area contributed by atoms with Crippen LogP contribution in [0.1, 0.15) is 38.8 Å². The molecule has 8 heteroatoms. The summed E-state index contributed by atoms with van der Waals surface area (Å²) in [7, 11) is 4.03. The average Bonchev–Trinajstić information content (AvgIpc) is 3.15. The highest BCUT2D eigenvalue weighted by Gasteiger charge is 2.25. The topological polar surface area (TPSA) is 52.6 Å². The van der Waals surface area contributed by atoms with Gasteiger partial charge in [-0.2, -0.15) is 11.8 Å². The third kappa shape index (κ3) is 6.95. The van der Waals surface area contributed by atoms with Gasteiger partial charge in [-0.15, -0.1) is 35.3 Å². The Kier molecular flexibility index (Phi) is 10.4. The van der Waals surface area contributed by atoms with Gasteiger partial charge in [0.25, 0.3) is 0 Å². The minimum Gasteiger partial charge on any atom is -0.357 e. The first-order chi connectivity index (χ1) is 11.1. The number of guanidine groups is 1. The maximum atomic E-state index is 4.70. The zero-order valence-electron chi connectivity index (χ0n) is 15.0. The highest BCUT2D eigenvalue weighted by atomic mass is 127. The quantitative estimate of drug-likeness (QED) is 0.353. The zero-order chi connectivity index (χ0) is 16.7. The van der Waals surface area contributed by atoms with Gasteiger partial charge >= 0.3 is 0 Å². The molecule has 1 aliphatic rings. The molecule has 2 N–H and O–H groups in total. The van der Waals surface area contributed by atoms with Crippen LogP contribution in [-0.4, -0.2) is 48.6 Å². The molecule has 0 aliphatic heterocycles. The fourth-order valence-electron chi connectivity index (χ4n) is 2.71. The van der Waals surface area contributed by atoms with Crippen molar-refractivity contribution in [3.63, 3.8) is 0 Å². The maximum absolute atomic E-state index is 4.70. The lowest BCUT2D eigenvalue weighted by Gasteiger charge is -2.17. The number of halogens is 1. The molecule has 5 nitrogen and oxygen atoms in total. The van der Waals surface area contributed by atoms with Gasteiger partial charge in [0.2, 0.25) is 0 Å². The Labute approximate surface area is 171 Å². The van der Waals surface area contributed by atoms with E-state index in [1.165, 1.54) is 25.0 Å². The molecule has 1 heterocycles. The van der Waals surface area contributed by atoms with Crippen molar-refractivity contribution in [3.8, 4) is 0 Å². The van der Waals surface area contributed by atoms with Crippen molar-refractivity contribution in [1.29, 1.82) is 0 Å². The van der Waals surface area contributed by atoms with Crippen LogP contribution >= 0.6 is 47.1 Å². The Morgan fingerprint density at radius 3 is 2.83 bits per heavy atom. The van der Waals surface area contributed by atoms with E-state index in [9.17, 15) is 0 Å². The molecule has 1 fully saturated rings. The van der Waals surface area contributed by atoms with Gasteiger partial charge in [-0.25, -0.2) is 9.98 Å². The molecule has 0 bridgehead atoms. The molecule has 0 aromatic carbocycles. The summed E-state index contributed by atoms with van der Waals surface area (Å²) < 4.78 is 0. The van der Waals surface area contributed by atoms with Crippen LogP contribution in [0.3, 0.4) is 0 Å². The van der Waals surface area contributed by atoms with Crippen LogP contribution in [0.15, 0.2) is 10.4 Å². The Balaban J connectivity index is 0.00000288. The van der Waals surface area contributed by atoms with Gasteiger partial charge in [-0.3, -0.25) is 0 Å². The van der Waals surface area contributed by atoms with Crippen LogP contribution in [0.25, 0.3) is 0 Å². The van der Waals surface area contributed by atoms with Crippen molar-refractivity contribution in [3.05, 3.63) is 11.1 Å². The summed E-state index contributed by atoms with van der Waals surface area (Å²) in [6.07, 6.45) is 3.79. The van der Waals surface area contributed by atoms with E-state index in [-0.39, 0.29) is 24.0 Å². The van der Waals surface area contributed by atoms with Crippen LogP contribution in [0.5, 0.6) is 0 Å². The predicted molar refractivity (Wildman–Crippen MR) is 119 cm³/mol. The fourth-order valence-corrected chi connectivity index (χ4v) is 4.60. The number of thioether (sulfide) groups is 1. The number of thiazole rings is 1. The molecular weight excluding hydrogens is 453 g/mol. The van der Waals surface area contributed by atoms with Crippen molar-refractivity contribution in [2.75, 3.05) is 31.3 Å². The van der Waals surface area contributed by atoms with Crippen molar-refractivity contribution in [1.82, 2.24) is 15.6 Å². The number of nitrogens with one attached hydrogen (secondary N) is 2. The first-order valence-electron chi connectivity index (χ1n) is 8.40. The predicted octanol–water partition coefficient (Wildman–Crippen LogP) is 3.56. The van der Waals surface area contributed by atoms with E-state index in [0.29, 0.717) is 12.6 Å². The molecule has 0 amide bonds. The second-order valence-corrected chi connectivity index (χ2v) is 8.36. The van der Waals surface area contributed by atoms with Crippen LogP contribution in [0, 0.1) is 0 Å². The van der Waals surface area contributed by atoms with Crippen molar-refractivity contribution in [2.24, 2.45) is 4.99 Å². The summed E-state index contributed by atoms with van der Waals surface area (Å²) in [5, 5.41) is 10.9. The number of nitrogens with zero attached hydrogens (tertiary/aromatic N) is 3. The second-order valence-electron chi connectivity index (χ2n) is 5.94. The zero-order valence-corrected chi connectivity index (χ0v) is 19.0. The Morgan fingerprint density at radius 1 is 1.42 bits per heavy atom. The van der Waals surface area contributed by atoms with Gasteiger partial charge in [-0.05, 0) is 31.9 Å². The van der Waals surface area contributed by atoms with E-state index in [0.717, 1.165) is 28.6 Å². The number of aliphatic imine (C=N–C) groups is 1. The van der Waals surface area contributed by atoms with Gasteiger partial charge in [0.15, 0.2) is 11.1 Å². The first-order valence-corrected chi connectivity index (χ1v) is 10.3. The molecule has 2 unspecified atom stereocenters. The molecule has 1 aromatic rings. The number of hydrogen-bond acceptors (Lipinski definition) is 5. The van der Waals surface area contributed by atoms with E-state index in [4.69, 9.17) is 4.99 Å². The van der Waals surface area contributed by atoms with Crippen LogP contribution < -0.4 is 15.5 Å². The van der Waals surface area contributed by atoms with Crippen molar-refractivity contribution < 1.29 is 0 Å². The first kappa shape index (κ1) is 21.8. The number of rotatable bonds is 7. The minimum atomic E-state index is 0. The number of anilines is 1. The van der Waals surface area contributed by atoms with E-state index < -0.39 is 0 Å². The minimum absolute atomic E-state index is 0. The summed E-state index contributed by atoms with van der Waals surface area (Å²) in [6, 6.07) is 0.546. The maximum Gasteiger partial charge on any atom is 0.191 e. The van der Waals surface area contributed by atoms with Gasteiger partial charge in [-0.1, -0.05) is 6.92 Å². The van der Waals surface area contributed by atoms with E-state index in [1.54, 1.807) is 11.3 Å². The van der Waals surface area contributed by atoms with E-state index in [1.807, 2.05) is 19.0 Å². The highest BCUT2D eigenvalue weighted by Crippen LogP contribution is 2.29. The molecule has 0 spiro atoms. The van der Waals surface area contributed by atoms with E-state index in [2.05, 4.69) is 46.6 Å². The smallest absolute Gasteiger partial charge is 0.191 e. The van der Waals surface area contributed by atoms with Crippen molar-refractivity contribution >= 4 is 58.2 Å². The molecule has 138 valence electrons. The molecule has 1 aromatic heterocycles. The lowest BCUT2D eigenvalue weighted by atomic mass is 10.2. The summed E-state index contributed by atoms with van der Waals surface area (Å²) in [5.74, 6) is 2.13. The summed E-state index contributed by atoms with van der Waals surface area (Å²) >= 11 is 3.75. The Hall–Kier alpha value is -0.220. The third-order valence-corrected chi connectivity index (χ3v) is 6.08. The average molecular weight is 483 g/mol. The molecule has 0 saturated heterocycles. The molecule has 24 heavy (non-hydrogen) atoms. The van der Waals surface area contributed by atoms with Crippen molar-refractivity contribution in [2.45, 2.75) is 50.9 Å². The summed E-state index contributed by atoms with van der Waals surface area (Å²) in [4.78, 5) is 11.3. The number of aromatic nitrogens is 1. The summed E-state index contributed by atoms with van der Waals surface area (Å²) in [6.45, 7) is 5.85. The van der Waals surface area contributed by atoms with Crippen LogP contribution in [0.4, 0.5) is 5.13 Å². The SMILES string of the molecule is CCNC(=NCc1csc(N(C)C)n1)NC1CCC(SCC)C1.I. The molecular formula is C16H30IN5S2. The van der Waals surface area contributed by atoms with Gasteiger partial charge in [0, 0.05) is 37.3 Å². The lowest BCUT2D eigenvalue weighted by Crippen LogP contribution is -2.42. The second kappa shape index (κ2) is 11.4. The number of hydrogen-bond donors (Lipinski definition) is 2. The normalized spacial score (nSPS) is 20.6. The summed E-state index contributed by atoms with van der Waals surface area (Å²) in [5.41, 5.74) is 1.03. The molecule has 1 saturated carbocycles. The Morgan fingerprint density at radius 2 is 2.21 bits per heavy atom. The van der Waals surface area contributed by atoms with Gasteiger partial charge in [0.1, 0.15) is 0 Å². The van der Waals surface area contributed by atoms with Crippen LogP contribution in [0.2, 0.25) is 0 Å². The molecule has 1 aliphatic carbocycles. The largest absolute Gasteiger partial charge is 0.357 e. The molecule has 0 radical (unpaired) electrons. The monoisotopic (exact) mass is 483 g/mol. The van der Waals surface area contributed by atoms with Crippen LogP contribution in [-0.2, 0) is 6.54 Å². The molecule has 2 atom stereocenters. The highest BCUT2D eigenvalue weighted by molar-refractivity contribution is 14.0. The fraction of sp³-hybridized carbons (Fsp3) is 0.750.